The van der Waals surface area contributed by atoms with E-state index < -0.39 is 0 Å². The Balaban J connectivity index is 5.08. The second-order valence-corrected chi connectivity index (χ2v) is 7.43. The first-order valence-corrected chi connectivity index (χ1v) is 9.28. The van der Waals surface area contributed by atoms with Crippen molar-refractivity contribution in [3.63, 3.8) is 0 Å². The maximum atomic E-state index is 12.6. The molecule has 0 aromatic heterocycles. The molecule has 7 nitrogen and oxygen atoms in total. The van der Waals surface area contributed by atoms with E-state index in [4.69, 9.17) is 4.74 Å². The van der Waals surface area contributed by atoms with E-state index in [1.165, 1.54) is 0 Å². The Hall–Kier alpha value is -1.47. The fourth-order valence-corrected chi connectivity index (χ4v) is 3.40. The number of nitrogens with zero attached hydrogens (tertiary/aromatic N) is 2. The number of likely N-dealkylation sites (N-methyl/N-ethyl adjacent to an activating group) is 2. The van der Waals surface area contributed by atoms with Crippen LogP contribution in [0.5, 0.6) is 0 Å². The Bertz CT molecular complexity index is 446. The number of ether oxygens (including phenoxy) is 1. The zero-order valence-corrected chi connectivity index (χ0v) is 17.6. The van der Waals surface area contributed by atoms with Crippen LogP contribution in [0.2, 0.25) is 0 Å². The molecule has 0 aromatic rings. The molecule has 0 rings (SSSR count). The Kier molecular flexibility index (Phi) is 11.3. The fourth-order valence-electron chi connectivity index (χ4n) is 3.40. The van der Waals surface area contributed by atoms with Crippen molar-refractivity contribution in [2.45, 2.75) is 58.7 Å². The minimum Gasteiger partial charge on any atom is -0.379 e. The standard InChI is InChI=1S/C19H37N3O4/c1-9-14(4)18(15(26-8)10-11-23)22(7)16(24)12-20-19(25)17(13(2)3)21(5)6/h11,13-15,17-18H,9-10,12H2,1-8H3,(H,20,25)/t14-,15+,17?,18?/m0/s1. The summed E-state index contributed by atoms with van der Waals surface area (Å²) >= 11 is 0. The molecule has 0 heterocycles. The topological polar surface area (TPSA) is 79.0 Å². The van der Waals surface area contributed by atoms with Gasteiger partial charge in [-0.25, -0.2) is 0 Å². The highest BCUT2D eigenvalue weighted by Crippen LogP contribution is 2.21. The van der Waals surface area contributed by atoms with Crippen molar-refractivity contribution in [1.29, 1.82) is 0 Å². The predicted octanol–water partition coefficient (Wildman–Crippen LogP) is 1.17. The number of aldehydes is 1. The third-order valence-electron chi connectivity index (χ3n) is 4.95. The summed E-state index contributed by atoms with van der Waals surface area (Å²) in [7, 11) is 6.95. The lowest BCUT2D eigenvalue weighted by Crippen LogP contribution is -2.53. The molecule has 0 fully saturated rings. The maximum Gasteiger partial charge on any atom is 0.242 e. The van der Waals surface area contributed by atoms with Gasteiger partial charge in [-0.1, -0.05) is 34.1 Å². The van der Waals surface area contributed by atoms with Crippen molar-refractivity contribution in [2.24, 2.45) is 11.8 Å². The van der Waals surface area contributed by atoms with Crippen LogP contribution in [0.1, 0.15) is 40.5 Å². The van der Waals surface area contributed by atoms with E-state index in [1.807, 2.05) is 46.7 Å². The van der Waals surface area contributed by atoms with Crippen LogP contribution in [0.4, 0.5) is 0 Å². The van der Waals surface area contributed by atoms with Gasteiger partial charge in [-0.3, -0.25) is 14.5 Å². The molecule has 0 aliphatic carbocycles. The van der Waals surface area contributed by atoms with Crippen molar-refractivity contribution in [3.05, 3.63) is 0 Å². The highest BCUT2D eigenvalue weighted by molar-refractivity contribution is 5.87. The van der Waals surface area contributed by atoms with E-state index in [1.54, 1.807) is 19.1 Å². The molecule has 0 radical (unpaired) electrons. The average Bonchev–Trinajstić information content (AvgIpc) is 2.57. The molecule has 0 saturated heterocycles. The van der Waals surface area contributed by atoms with Crippen molar-refractivity contribution in [3.8, 4) is 0 Å². The molecular formula is C19H37N3O4. The molecule has 0 bridgehead atoms. The molecule has 4 atom stereocenters. The monoisotopic (exact) mass is 371 g/mol. The number of carbonyl (C=O) groups excluding carboxylic acids is 3. The first-order chi connectivity index (χ1) is 12.1. The summed E-state index contributed by atoms with van der Waals surface area (Å²) in [6.45, 7) is 7.94. The van der Waals surface area contributed by atoms with E-state index in [0.717, 1.165) is 12.7 Å². The van der Waals surface area contributed by atoms with Crippen LogP contribution < -0.4 is 5.32 Å². The van der Waals surface area contributed by atoms with Gasteiger partial charge in [0.05, 0.1) is 24.7 Å². The molecule has 0 saturated carbocycles. The van der Waals surface area contributed by atoms with Gasteiger partial charge >= 0.3 is 0 Å². The molecule has 26 heavy (non-hydrogen) atoms. The molecule has 0 aliphatic heterocycles. The van der Waals surface area contributed by atoms with E-state index in [9.17, 15) is 14.4 Å². The summed E-state index contributed by atoms with van der Waals surface area (Å²) in [5.74, 6) is -0.0632. The third-order valence-corrected chi connectivity index (χ3v) is 4.95. The summed E-state index contributed by atoms with van der Waals surface area (Å²) in [5, 5.41) is 2.74. The molecule has 2 amide bonds. The minimum absolute atomic E-state index is 0.0726. The number of carbonyl (C=O) groups is 3. The van der Waals surface area contributed by atoms with Gasteiger partial charge in [0.25, 0.3) is 0 Å². The number of methoxy groups -OCH3 is 1. The lowest BCUT2D eigenvalue weighted by molar-refractivity contribution is -0.139. The van der Waals surface area contributed by atoms with Crippen molar-refractivity contribution in [1.82, 2.24) is 15.1 Å². The summed E-state index contributed by atoms with van der Waals surface area (Å²) in [6, 6.07) is -0.519. The summed E-state index contributed by atoms with van der Waals surface area (Å²) in [6.07, 6.45) is 1.53. The number of amides is 2. The van der Waals surface area contributed by atoms with Crippen LogP contribution in [0.25, 0.3) is 0 Å². The van der Waals surface area contributed by atoms with Crippen molar-refractivity contribution < 1.29 is 19.1 Å². The van der Waals surface area contributed by atoms with Crippen LogP contribution in [0.15, 0.2) is 0 Å². The van der Waals surface area contributed by atoms with Gasteiger partial charge in [-0.15, -0.1) is 0 Å². The molecule has 0 aliphatic rings. The first-order valence-electron chi connectivity index (χ1n) is 9.28. The van der Waals surface area contributed by atoms with Gasteiger partial charge < -0.3 is 19.7 Å². The maximum absolute atomic E-state index is 12.6. The molecule has 152 valence electrons. The van der Waals surface area contributed by atoms with Crippen LogP contribution in [0, 0.1) is 11.8 Å². The Morgan fingerprint density at radius 1 is 1.15 bits per heavy atom. The van der Waals surface area contributed by atoms with Gasteiger partial charge in [-0.05, 0) is 25.9 Å². The molecule has 0 spiro atoms. The summed E-state index contributed by atoms with van der Waals surface area (Å²) < 4.78 is 5.45. The largest absolute Gasteiger partial charge is 0.379 e. The number of hydrogen-bond donors (Lipinski definition) is 1. The zero-order chi connectivity index (χ0) is 20.4. The van der Waals surface area contributed by atoms with Crippen LogP contribution >= 0.6 is 0 Å². The SMILES string of the molecule is CC[C@H](C)C([C@@H](CC=O)OC)N(C)C(=O)CNC(=O)C(C(C)C)N(C)C. The number of rotatable bonds is 12. The van der Waals surface area contributed by atoms with Gasteiger partial charge in [-0.2, -0.15) is 0 Å². The molecular weight excluding hydrogens is 334 g/mol. The third kappa shape index (κ3) is 7.03. The Morgan fingerprint density at radius 3 is 2.12 bits per heavy atom. The highest BCUT2D eigenvalue weighted by Gasteiger charge is 2.32. The van der Waals surface area contributed by atoms with Crippen LogP contribution in [0.3, 0.4) is 0 Å². The second-order valence-electron chi connectivity index (χ2n) is 7.43. The van der Waals surface area contributed by atoms with E-state index >= 15 is 0 Å². The van der Waals surface area contributed by atoms with E-state index in [-0.39, 0.29) is 54.8 Å². The molecule has 0 aromatic carbocycles. The Morgan fingerprint density at radius 2 is 1.73 bits per heavy atom. The van der Waals surface area contributed by atoms with Crippen molar-refractivity contribution in [2.75, 3.05) is 34.8 Å². The predicted molar refractivity (Wildman–Crippen MR) is 103 cm³/mol. The van der Waals surface area contributed by atoms with E-state index in [0.29, 0.717) is 0 Å². The van der Waals surface area contributed by atoms with Gasteiger partial charge in [0.1, 0.15) is 6.29 Å². The van der Waals surface area contributed by atoms with Gasteiger partial charge in [0.2, 0.25) is 11.8 Å². The second kappa shape index (κ2) is 12.0. The van der Waals surface area contributed by atoms with Crippen LogP contribution in [-0.4, -0.2) is 80.9 Å². The van der Waals surface area contributed by atoms with Gasteiger partial charge in [0.15, 0.2) is 0 Å². The first kappa shape index (κ1) is 24.5. The number of nitrogens with one attached hydrogen (secondary N) is 1. The average molecular weight is 372 g/mol. The zero-order valence-electron chi connectivity index (χ0n) is 17.6. The summed E-state index contributed by atoms with van der Waals surface area (Å²) in [5.41, 5.74) is 0. The van der Waals surface area contributed by atoms with Crippen LogP contribution in [-0.2, 0) is 19.1 Å². The van der Waals surface area contributed by atoms with Crippen molar-refractivity contribution >= 4 is 18.1 Å². The lowest BCUT2D eigenvalue weighted by Gasteiger charge is -2.37. The summed E-state index contributed by atoms with van der Waals surface area (Å²) in [4.78, 5) is 39.5. The number of hydrogen-bond acceptors (Lipinski definition) is 5. The molecule has 1 N–H and O–H groups in total. The Labute approximate surface area is 158 Å². The lowest BCUT2D eigenvalue weighted by atomic mass is 9.91. The van der Waals surface area contributed by atoms with Gasteiger partial charge in [0, 0.05) is 20.6 Å². The minimum atomic E-state index is -0.364. The smallest absolute Gasteiger partial charge is 0.242 e. The highest BCUT2D eigenvalue weighted by atomic mass is 16.5. The normalized spacial score (nSPS) is 16.1. The molecule has 7 heteroatoms. The fraction of sp³-hybridized carbons (Fsp3) is 0.842. The quantitative estimate of drug-likeness (QED) is 0.521. The molecule has 2 unspecified atom stereocenters. The van der Waals surface area contributed by atoms with E-state index in [2.05, 4.69) is 5.32 Å².